The third-order valence-electron chi connectivity index (χ3n) is 4.43. The number of halogens is 2. The van der Waals surface area contributed by atoms with Gasteiger partial charge in [0.15, 0.2) is 15.5 Å². The Labute approximate surface area is 178 Å². The Morgan fingerprint density at radius 1 is 1.24 bits per heavy atom. The summed E-state index contributed by atoms with van der Waals surface area (Å²) in [6.07, 6.45) is 2.23. The van der Waals surface area contributed by atoms with Crippen molar-refractivity contribution in [2.24, 2.45) is 0 Å². The lowest BCUT2D eigenvalue weighted by Gasteiger charge is -2.28. The van der Waals surface area contributed by atoms with E-state index in [0.717, 1.165) is 18.0 Å². The van der Waals surface area contributed by atoms with Crippen molar-refractivity contribution < 1.29 is 21.6 Å². The standard InChI is InChI=1S/C17H17Cl2N3O5S2/c1-28(24,25)17-20-8-14(19)15(21-17)16(23)22(13-6-7-29(26,27)10-13)9-11-2-4-12(18)5-3-11/h2-5,8,13H,6-7,9-10H2,1H3/t13-/m0/s1. The first kappa shape index (κ1) is 21.9. The van der Waals surface area contributed by atoms with Gasteiger partial charge in [0.1, 0.15) is 0 Å². The fourth-order valence-electron chi connectivity index (χ4n) is 2.99. The van der Waals surface area contributed by atoms with Crippen LogP contribution in [0, 0.1) is 0 Å². The van der Waals surface area contributed by atoms with Crippen LogP contribution in [0.25, 0.3) is 0 Å². The topological polar surface area (TPSA) is 114 Å². The molecule has 1 atom stereocenters. The van der Waals surface area contributed by atoms with Crippen molar-refractivity contribution in [3.8, 4) is 0 Å². The van der Waals surface area contributed by atoms with E-state index in [9.17, 15) is 21.6 Å². The molecule has 1 aliphatic rings. The van der Waals surface area contributed by atoms with Gasteiger partial charge in [0, 0.05) is 23.9 Å². The molecule has 156 valence electrons. The molecule has 1 amide bonds. The van der Waals surface area contributed by atoms with Gasteiger partial charge in [0.25, 0.3) is 5.91 Å². The van der Waals surface area contributed by atoms with Crippen molar-refractivity contribution in [2.45, 2.75) is 24.2 Å². The van der Waals surface area contributed by atoms with Gasteiger partial charge in [0.05, 0.1) is 22.7 Å². The number of amides is 1. The van der Waals surface area contributed by atoms with Crippen LogP contribution >= 0.6 is 23.2 Å². The van der Waals surface area contributed by atoms with Crippen molar-refractivity contribution in [3.05, 3.63) is 51.8 Å². The van der Waals surface area contributed by atoms with E-state index in [1.165, 1.54) is 4.90 Å². The van der Waals surface area contributed by atoms with E-state index in [4.69, 9.17) is 23.2 Å². The van der Waals surface area contributed by atoms with E-state index in [1.54, 1.807) is 24.3 Å². The van der Waals surface area contributed by atoms with Crippen LogP contribution < -0.4 is 0 Å². The van der Waals surface area contributed by atoms with E-state index in [-0.39, 0.29) is 35.2 Å². The van der Waals surface area contributed by atoms with Crippen LogP contribution in [0.4, 0.5) is 0 Å². The van der Waals surface area contributed by atoms with Crippen LogP contribution in [0.5, 0.6) is 0 Å². The molecule has 0 aliphatic carbocycles. The smallest absolute Gasteiger partial charge is 0.274 e. The maximum Gasteiger partial charge on any atom is 0.274 e. The predicted molar refractivity (Wildman–Crippen MR) is 109 cm³/mol. The first-order valence-electron chi connectivity index (χ1n) is 8.45. The minimum atomic E-state index is -3.76. The van der Waals surface area contributed by atoms with Crippen LogP contribution in [0.3, 0.4) is 0 Å². The Morgan fingerprint density at radius 3 is 2.45 bits per heavy atom. The van der Waals surface area contributed by atoms with Gasteiger partial charge in [-0.3, -0.25) is 4.79 Å². The summed E-state index contributed by atoms with van der Waals surface area (Å²) in [5.41, 5.74) is 0.431. The SMILES string of the molecule is CS(=O)(=O)c1ncc(Cl)c(C(=O)N(Cc2ccc(Cl)cc2)[C@H]2CCS(=O)(=O)C2)n1. The second kappa shape index (κ2) is 8.17. The van der Waals surface area contributed by atoms with Crippen LogP contribution in [-0.4, -0.2) is 61.4 Å². The number of benzene rings is 1. The molecule has 8 nitrogen and oxygen atoms in total. The number of nitrogens with zero attached hydrogens (tertiary/aromatic N) is 3. The summed E-state index contributed by atoms with van der Waals surface area (Å²) in [6.45, 7) is 0.0880. The molecule has 12 heteroatoms. The Balaban J connectivity index is 2.01. The maximum absolute atomic E-state index is 13.2. The molecule has 1 saturated heterocycles. The number of carbonyl (C=O) groups excluding carboxylic acids is 1. The number of rotatable bonds is 5. The molecule has 0 saturated carbocycles. The van der Waals surface area contributed by atoms with Crippen LogP contribution in [0.1, 0.15) is 22.5 Å². The lowest BCUT2D eigenvalue weighted by molar-refractivity contribution is 0.0674. The summed E-state index contributed by atoms with van der Waals surface area (Å²) in [5.74, 6) is -0.887. The third-order valence-corrected chi connectivity index (χ3v) is 7.57. The summed E-state index contributed by atoms with van der Waals surface area (Å²) in [6, 6.07) is 6.16. The quantitative estimate of drug-likeness (QED) is 0.604. The van der Waals surface area contributed by atoms with Gasteiger partial charge in [-0.25, -0.2) is 26.8 Å². The molecule has 3 rings (SSSR count). The molecule has 1 aliphatic heterocycles. The molecule has 1 fully saturated rings. The minimum absolute atomic E-state index is 0.0336. The summed E-state index contributed by atoms with van der Waals surface area (Å²) in [4.78, 5) is 22.1. The second-order valence-electron chi connectivity index (χ2n) is 6.74. The highest BCUT2D eigenvalue weighted by molar-refractivity contribution is 7.91. The molecule has 0 N–H and O–H groups in total. The van der Waals surface area contributed by atoms with Crippen molar-refractivity contribution in [1.29, 1.82) is 0 Å². The first-order chi connectivity index (χ1) is 13.5. The van der Waals surface area contributed by atoms with Gasteiger partial charge in [0.2, 0.25) is 15.0 Å². The summed E-state index contributed by atoms with van der Waals surface area (Å²) in [5, 5.41) is -0.133. The second-order valence-corrected chi connectivity index (χ2v) is 11.7. The highest BCUT2D eigenvalue weighted by Crippen LogP contribution is 2.25. The fourth-order valence-corrected chi connectivity index (χ4v) is 5.52. The average Bonchev–Trinajstić information content (AvgIpc) is 2.99. The highest BCUT2D eigenvalue weighted by Gasteiger charge is 2.36. The van der Waals surface area contributed by atoms with Gasteiger partial charge in [-0.2, -0.15) is 0 Å². The molecule has 0 spiro atoms. The number of hydrogen-bond donors (Lipinski definition) is 0. The highest BCUT2D eigenvalue weighted by atomic mass is 35.5. The molecule has 2 heterocycles. The van der Waals surface area contributed by atoms with E-state index in [2.05, 4.69) is 9.97 Å². The number of sulfone groups is 2. The molecular weight excluding hydrogens is 461 g/mol. The maximum atomic E-state index is 13.2. The molecule has 29 heavy (non-hydrogen) atoms. The Hall–Kier alpha value is -1.75. The van der Waals surface area contributed by atoms with E-state index >= 15 is 0 Å². The molecule has 0 unspecified atom stereocenters. The molecule has 1 aromatic carbocycles. The zero-order valence-electron chi connectivity index (χ0n) is 15.2. The van der Waals surface area contributed by atoms with Gasteiger partial charge in [-0.05, 0) is 24.1 Å². The third kappa shape index (κ3) is 5.25. The zero-order chi connectivity index (χ0) is 21.4. The van der Waals surface area contributed by atoms with Crippen LogP contribution in [0.15, 0.2) is 35.6 Å². The lowest BCUT2D eigenvalue weighted by Crippen LogP contribution is -2.41. The molecule has 2 aromatic rings. The monoisotopic (exact) mass is 477 g/mol. The van der Waals surface area contributed by atoms with Crippen molar-refractivity contribution in [3.63, 3.8) is 0 Å². The molecule has 0 radical (unpaired) electrons. The minimum Gasteiger partial charge on any atom is -0.329 e. The molecule has 1 aromatic heterocycles. The average molecular weight is 478 g/mol. The van der Waals surface area contributed by atoms with Gasteiger partial charge >= 0.3 is 0 Å². The van der Waals surface area contributed by atoms with Gasteiger partial charge < -0.3 is 4.90 Å². The Bertz CT molecular complexity index is 1150. The van der Waals surface area contributed by atoms with Crippen molar-refractivity contribution >= 4 is 48.8 Å². The van der Waals surface area contributed by atoms with Crippen molar-refractivity contribution in [1.82, 2.24) is 14.9 Å². The fraction of sp³-hybridized carbons (Fsp3) is 0.353. The van der Waals surface area contributed by atoms with E-state index in [1.807, 2.05) is 0 Å². The lowest BCUT2D eigenvalue weighted by atomic mass is 10.1. The number of aromatic nitrogens is 2. The Kier molecular flexibility index (Phi) is 6.19. The van der Waals surface area contributed by atoms with Crippen molar-refractivity contribution in [2.75, 3.05) is 17.8 Å². The van der Waals surface area contributed by atoms with Crippen LogP contribution in [0.2, 0.25) is 10.0 Å². The van der Waals surface area contributed by atoms with Gasteiger partial charge in [-0.15, -0.1) is 0 Å². The largest absolute Gasteiger partial charge is 0.329 e. The zero-order valence-corrected chi connectivity index (χ0v) is 18.4. The predicted octanol–water partition coefficient (Wildman–Crippen LogP) is 2.02. The van der Waals surface area contributed by atoms with E-state index < -0.39 is 36.8 Å². The van der Waals surface area contributed by atoms with Crippen LogP contribution in [-0.2, 0) is 26.2 Å². The summed E-state index contributed by atoms with van der Waals surface area (Å²) < 4.78 is 47.5. The Morgan fingerprint density at radius 2 is 1.90 bits per heavy atom. The number of carbonyl (C=O) groups is 1. The number of hydrogen-bond acceptors (Lipinski definition) is 7. The molecular formula is C17H17Cl2N3O5S2. The first-order valence-corrected chi connectivity index (χ1v) is 12.9. The normalized spacial score (nSPS) is 18.5. The van der Waals surface area contributed by atoms with Gasteiger partial charge in [-0.1, -0.05) is 35.3 Å². The summed E-state index contributed by atoms with van der Waals surface area (Å²) in [7, 11) is -7.04. The summed E-state index contributed by atoms with van der Waals surface area (Å²) >= 11 is 12.0. The van der Waals surface area contributed by atoms with E-state index in [0.29, 0.717) is 5.02 Å². The molecule has 0 bridgehead atoms.